The first-order chi connectivity index (χ1) is 14.9. The first-order valence-electron chi connectivity index (χ1n) is 10.3. The molecule has 0 bridgehead atoms. The molecule has 4 rings (SSSR count). The van der Waals surface area contributed by atoms with E-state index >= 15 is 0 Å². The van der Waals surface area contributed by atoms with Gasteiger partial charge in [0.05, 0.1) is 23.7 Å². The Morgan fingerprint density at radius 3 is 2.39 bits per heavy atom. The number of nitrogens with zero attached hydrogens (tertiary/aromatic N) is 1. The van der Waals surface area contributed by atoms with Crippen LogP contribution in [-0.2, 0) is 9.59 Å². The van der Waals surface area contributed by atoms with Crippen LogP contribution >= 0.6 is 11.6 Å². The number of halogens is 2. The van der Waals surface area contributed by atoms with Gasteiger partial charge in [-0.25, -0.2) is 4.39 Å². The zero-order chi connectivity index (χ0) is 22.1. The van der Waals surface area contributed by atoms with E-state index in [1.165, 1.54) is 25.3 Å². The molecular formula is C24H23ClFNO4. The van der Waals surface area contributed by atoms with Crippen LogP contribution in [0.3, 0.4) is 0 Å². The molecule has 2 fully saturated rings. The van der Waals surface area contributed by atoms with Gasteiger partial charge < -0.3 is 14.7 Å². The van der Waals surface area contributed by atoms with Gasteiger partial charge >= 0.3 is 0 Å². The summed E-state index contributed by atoms with van der Waals surface area (Å²) in [5, 5.41) is 11.4. The number of aliphatic hydroxyl groups excluding tert-OH is 1. The highest BCUT2D eigenvalue weighted by Crippen LogP contribution is 2.43. The van der Waals surface area contributed by atoms with E-state index in [4.69, 9.17) is 16.3 Å². The predicted molar refractivity (Wildman–Crippen MR) is 115 cm³/mol. The van der Waals surface area contributed by atoms with Crippen molar-refractivity contribution >= 4 is 29.1 Å². The predicted octanol–water partition coefficient (Wildman–Crippen LogP) is 5.24. The molecule has 1 N–H and O–H groups in total. The number of amides is 1. The first-order valence-corrected chi connectivity index (χ1v) is 10.7. The topological polar surface area (TPSA) is 66.8 Å². The molecule has 2 aliphatic rings. The van der Waals surface area contributed by atoms with Gasteiger partial charge in [0, 0.05) is 11.6 Å². The Bertz CT molecular complexity index is 1040. The van der Waals surface area contributed by atoms with Crippen molar-refractivity contribution in [3.8, 4) is 5.75 Å². The zero-order valence-electron chi connectivity index (χ0n) is 17.1. The SMILES string of the molecule is COc1ccc(/C(O)=C2/C(=O)C(=O)N(C3CCCCC3)C2c2ccc(F)cc2)cc1Cl. The van der Waals surface area contributed by atoms with E-state index in [1.54, 1.807) is 29.2 Å². The van der Waals surface area contributed by atoms with E-state index in [0.29, 0.717) is 16.9 Å². The number of rotatable bonds is 4. The fourth-order valence-corrected chi connectivity index (χ4v) is 4.79. The van der Waals surface area contributed by atoms with Gasteiger partial charge in [0.25, 0.3) is 11.7 Å². The van der Waals surface area contributed by atoms with E-state index in [-0.39, 0.29) is 22.4 Å². The van der Waals surface area contributed by atoms with Crippen LogP contribution in [0.1, 0.15) is 49.3 Å². The summed E-state index contributed by atoms with van der Waals surface area (Å²) in [4.78, 5) is 27.7. The average Bonchev–Trinajstić information content (AvgIpc) is 3.05. The number of benzene rings is 2. The second-order valence-corrected chi connectivity index (χ2v) is 8.31. The van der Waals surface area contributed by atoms with E-state index in [2.05, 4.69) is 0 Å². The smallest absolute Gasteiger partial charge is 0.295 e. The summed E-state index contributed by atoms with van der Waals surface area (Å²) in [6.07, 6.45) is 4.61. The standard InChI is InChI=1S/C24H23ClFNO4/c1-31-19-12-9-15(13-18(19)25)22(28)20-21(14-7-10-16(26)11-8-14)27(24(30)23(20)29)17-5-3-2-4-6-17/h7-13,17,21,28H,2-6H2,1H3/b22-20-. The Labute approximate surface area is 185 Å². The fraction of sp³-hybridized carbons (Fsp3) is 0.333. The summed E-state index contributed by atoms with van der Waals surface area (Å²) < 4.78 is 18.7. The average molecular weight is 444 g/mol. The lowest BCUT2D eigenvalue weighted by Crippen LogP contribution is -2.40. The van der Waals surface area contributed by atoms with Crippen molar-refractivity contribution in [1.29, 1.82) is 0 Å². The Morgan fingerprint density at radius 1 is 1.10 bits per heavy atom. The number of carbonyl (C=O) groups excluding carboxylic acids is 2. The molecule has 1 heterocycles. The van der Waals surface area contributed by atoms with Crippen LogP contribution in [0, 0.1) is 5.82 Å². The normalized spacial score (nSPS) is 21.5. The molecule has 0 spiro atoms. The summed E-state index contributed by atoms with van der Waals surface area (Å²) in [7, 11) is 1.48. The van der Waals surface area contributed by atoms with Gasteiger partial charge in [-0.1, -0.05) is 43.0 Å². The highest BCUT2D eigenvalue weighted by Gasteiger charge is 2.48. The van der Waals surface area contributed by atoms with Crippen molar-refractivity contribution in [3.05, 3.63) is 70.0 Å². The molecule has 2 aromatic rings. The van der Waals surface area contributed by atoms with Crippen LogP contribution in [0.5, 0.6) is 5.75 Å². The third kappa shape index (κ3) is 3.92. The lowest BCUT2D eigenvalue weighted by molar-refractivity contribution is -0.141. The second-order valence-electron chi connectivity index (χ2n) is 7.90. The fourth-order valence-electron chi connectivity index (χ4n) is 4.53. The summed E-state index contributed by atoms with van der Waals surface area (Å²) in [6.45, 7) is 0. The van der Waals surface area contributed by atoms with Crippen LogP contribution in [0.4, 0.5) is 4.39 Å². The Kier molecular flexibility index (Phi) is 6.01. The molecule has 0 aromatic heterocycles. The number of carbonyl (C=O) groups is 2. The number of ketones is 1. The van der Waals surface area contributed by atoms with Crippen LogP contribution in [0.2, 0.25) is 5.02 Å². The highest BCUT2D eigenvalue weighted by atomic mass is 35.5. The highest BCUT2D eigenvalue weighted by molar-refractivity contribution is 6.46. The molecule has 5 nitrogen and oxygen atoms in total. The number of methoxy groups -OCH3 is 1. The van der Waals surface area contributed by atoms with Crippen molar-refractivity contribution < 1.29 is 23.8 Å². The maximum Gasteiger partial charge on any atom is 0.295 e. The number of ether oxygens (including phenoxy) is 1. The van der Waals surface area contributed by atoms with Gasteiger partial charge in [0.2, 0.25) is 0 Å². The van der Waals surface area contributed by atoms with E-state index < -0.39 is 23.5 Å². The first kappa shape index (κ1) is 21.4. The third-order valence-electron chi connectivity index (χ3n) is 6.06. The van der Waals surface area contributed by atoms with E-state index in [9.17, 15) is 19.1 Å². The summed E-state index contributed by atoms with van der Waals surface area (Å²) in [5.41, 5.74) is 0.871. The van der Waals surface area contributed by atoms with Gasteiger partial charge in [-0.2, -0.15) is 0 Å². The monoisotopic (exact) mass is 443 g/mol. The minimum atomic E-state index is -0.787. The molecule has 2 aromatic carbocycles. The second kappa shape index (κ2) is 8.71. The van der Waals surface area contributed by atoms with Gasteiger partial charge in [0.1, 0.15) is 17.3 Å². The van der Waals surface area contributed by atoms with E-state index in [0.717, 1.165) is 32.1 Å². The van der Waals surface area contributed by atoms with Gasteiger partial charge in [-0.05, 0) is 48.7 Å². The van der Waals surface area contributed by atoms with Gasteiger partial charge in [0.15, 0.2) is 0 Å². The molecule has 1 aliphatic heterocycles. The number of hydrogen-bond acceptors (Lipinski definition) is 4. The lowest BCUT2D eigenvalue weighted by atomic mass is 9.91. The molecule has 162 valence electrons. The molecule has 1 saturated carbocycles. The van der Waals surface area contributed by atoms with Crippen LogP contribution in [0.25, 0.3) is 5.76 Å². The van der Waals surface area contributed by atoms with Crippen molar-refractivity contribution in [3.63, 3.8) is 0 Å². The van der Waals surface area contributed by atoms with Crippen LogP contribution in [-0.4, -0.2) is 34.8 Å². The molecule has 1 amide bonds. The van der Waals surface area contributed by atoms with Crippen molar-refractivity contribution in [2.45, 2.75) is 44.2 Å². The Hall–Kier alpha value is -2.86. The van der Waals surface area contributed by atoms with Gasteiger partial charge in [-0.3, -0.25) is 9.59 Å². The summed E-state index contributed by atoms with van der Waals surface area (Å²) in [6, 6.07) is 9.45. The lowest BCUT2D eigenvalue weighted by Gasteiger charge is -2.35. The number of likely N-dealkylation sites (tertiary alicyclic amines) is 1. The molecule has 7 heteroatoms. The molecule has 1 atom stereocenters. The Morgan fingerprint density at radius 2 is 1.77 bits per heavy atom. The molecule has 1 saturated heterocycles. The maximum absolute atomic E-state index is 13.6. The largest absolute Gasteiger partial charge is 0.507 e. The molecule has 1 aliphatic carbocycles. The van der Waals surface area contributed by atoms with Crippen molar-refractivity contribution in [1.82, 2.24) is 4.90 Å². The number of aliphatic hydroxyl groups is 1. The summed E-state index contributed by atoms with van der Waals surface area (Å²) in [5.74, 6) is -1.68. The van der Waals surface area contributed by atoms with Crippen molar-refractivity contribution in [2.24, 2.45) is 0 Å². The van der Waals surface area contributed by atoms with Crippen LogP contribution < -0.4 is 4.74 Å². The molecular weight excluding hydrogens is 421 g/mol. The third-order valence-corrected chi connectivity index (χ3v) is 6.35. The van der Waals surface area contributed by atoms with Crippen LogP contribution in [0.15, 0.2) is 48.0 Å². The number of Topliss-reactive ketones (excluding diaryl/α,β-unsaturated/α-hetero) is 1. The quantitative estimate of drug-likeness (QED) is 0.398. The molecule has 31 heavy (non-hydrogen) atoms. The molecule has 0 radical (unpaired) electrons. The maximum atomic E-state index is 13.6. The molecule has 1 unspecified atom stereocenters. The minimum absolute atomic E-state index is 0.0107. The Balaban J connectivity index is 1.86. The van der Waals surface area contributed by atoms with Gasteiger partial charge in [-0.15, -0.1) is 0 Å². The zero-order valence-corrected chi connectivity index (χ0v) is 17.9. The minimum Gasteiger partial charge on any atom is -0.507 e. The summed E-state index contributed by atoms with van der Waals surface area (Å²) >= 11 is 6.20. The van der Waals surface area contributed by atoms with E-state index in [1.807, 2.05) is 0 Å². The van der Waals surface area contributed by atoms with Crippen molar-refractivity contribution in [2.75, 3.05) is 7.11 Å². The number of hydrogen-bond donors (Lipinski definition) is 1.